The molecule has 8 nitrogen and oxygen atoms in total. The number of allylic oxidation sites excluding steroid dienone is 14. The molecule has 0 spiro atoms. The summed E-state index contributed by atoms with van der Waals surface area (Å²) in [7, 11) is 1.63. The van der Waals surface area contributed by atoms with E-state index in [0.717, 1.165) is 83.5 Å². The molecule has 9 heteroatoms. The van der Waals surface area contributed by atoms with Crippen molar-refractivity contribution in [2.24, 2.45) is 0 Å². The number of phosphoric acid groups is 1. The van der Waals surface area contributed by atoms with Crippen molar-refractivity contribution < 1.29 is 32.9 Å². The monoisotopic (exact) mass is 1270 g/mol. The van der Waals surface area contributed by atoms with E-state index in [1.54, 1.807) is 0 Å². The molecule has 0 aliphatic heterocycles. The van der Waals surface area contributed by atoms with Gasteiger partial charge in [0, 0.05) is 6.42 Å². The number of hydrogen-bond donors (Lipinski definition) is 3. The van der Waals surface area contributed by atoms with Crippen LogP contribution < -0.4 is 5.32 Å². The highest BCUT2D eigenvalue weighted by atomic mass is 31.2. The lowest BCUT2D eigenvalue weighted by atomic mass is 10.0. The summed E-state index contributed by atoms with van der Waals surface area (Å²) in [6.07, 6.45) is 99.9. The number of phosphoric ester groups is 1. The first-order valence-electron chi connectivity index (χ1n) is 38.5. The van der Waals surface area contributed by atoms with Gasteiger partial charge in [-0.1, -0.05) is 375 Å². The van der Waals surface area contributed by atoms with Crippen LogP contribution in [-0.2, 0) is 18.4 Å². The summed E-state index contributed by atoms with van der Waals surface area (Å²) in [5.41, 5.74) is 0. The summed E-state index contributed by atoms with van der Waals surface area (Å²) in [6, 6.07) is -0.765. The number of carbonyl (C=O) groups excluding carboxylic acids is 1. The molecule has 0 aromatic carbocycles. The molecule has 0 aromatic heterocycles. The van der Waals surface area contributed by atoms with Crippen molar-refractivity contribution in [1.29, 1.82) is 0 Å². The van der Waals surface area contributed by atoms with Crippen LogP contribution >= 0.6 is 7.82 Å². The summed E-state index contributed by atoms with van der Waals surface area (Å²) in [4.78, 5) is 23.5. The van der Waals surface area contributed by atoms with Crippen molar-refractivity contribution in [1.82, 2.24) is 5.32 Å². The van der Waals surface area contributed by atoms with Gasteiger partial charge in [-0.15, -0.1) is 0 Å². The Morgan fingerprint density at radius 2 is 0.674 bits per heavy atom. The molecule has 89 heavy (non-hydrogen) atoms. The predicted molar refractivity (Wildman–Crippen MR) is 392 cm³/mol. The maximum atomic E-state index is 13.1. The van der Waals surface area contributed by atoms with Gasteiger partial charge in [0.05, 0.1) is 39.9 Å². The highest BCUT2D eigenvalue weighted by molar-refractivity contribution is 7.47. The molecule has 0 fully saturated rings. The van der Waals surface area contributed by atoms with E-state index in [9.17, 15) is 19.4 Å². The molecule has 0 aliphatic rings. The number of likely N-dealkylation sites (N-methyl/N-ethyl adjacent to an activating group) is 1. The van der Waals surface area contributed by atoms with Crippen LogP contribution in [0.2, 0.25) is 0 Å². The topological polar surface area (TPSA) is 105 Å². The molecule has 1 amide bonds. The van der Waals surface area contributed by atoms with Crippen LogP contribution in [0, 0.1) is 0 Å². The van der Waals surface area contributed by atoms with Crippen LogP contribution in [0.1, 0.15) is 367 Å². The van der Waals surface area contributed by atoms with Crippen molar-refractivity contribution in [3.63, 3.8) is 0 Å². The Balaban J connectivity index is 3.97. The van der Waals surface area contributed by atoms with Gasteiger partial charge in [0.2, 0.25) is 5.91 Å². The summed E-state index contributed by atoms with van der Waals surface area (Å²) < 4.78 is 23.9. The fourth-order valence-electron chi connectivity index (χ4n) is 11.5. The van der Waals surface area contributed by atoms with Gasteiger partial charge in [-0.3, -0.25) is 13.8 Å². The maximum Gasteiger partial charge on any atom is 0.472 e. The van der Waals surface area contributed by atoms with Gasteiger partial charge < -0.3 is 19.8 Å². The second-order valence-electron chi connectivity index (χ2n) is 27.4. The summed E-state index contributed by atoms with van der Waals surface area (Å²) in [5, 5.41) is 14.2. The van der Waals surface area contributed by atoms with Crippen LogP contribution in [0.4, 0.5) is 0 Å². The Kier molecular flexibility index (Phi) is 68.2. The minimum atomic E-state index is -4.34. The summed E-state index contributed by atoms with van der Waals surface area (Å²) in [6.45, 7) is 4.82. The zero-order valence-corrected chi connectivity index (χ0v) is 60.6. The SMILES string of the molecule is CC/C=C\C/C=C\C/C=C\C/C=C\C/C=C\C/C=C\C/C=C\CCCCCCCCCCCCCCCCCCCC(=O)NC(COP(=O)(O)OCC[N+](C)(C)C)C(O)CCCCCCCCCCCCCCCCCCCCCCCCCCCCCC. The van der Waals surface area contributed by atoms with E-state index in [4.69, 9.17) is 9.05 Å². The molecule has 3 unspecified atom stereocenters. The molecule has 0 heterocycles. The molecule has 3 N–H and O–H groups in total. The molecule has 0 saturated heterocycles. The van der Waals surface area contributed by atoms with E-state index in [2.05, 4.69) is 104 Å². The third kappa shape index (κ3) is 73.0. The Morgan fingerprint density at radius 3 is 0.989 bits per heavy atom. The fraction of sp³-hybridized carbons (Fsp3) is 0.812. The van der Waals surface area contributed by atoms with Crippen molar-refractivity contribution in [3.05, 3.63) is 85.1 Å². The minimum Gasteiger partial charge on any atom is -0.391 e. The maximum absolute atomic E-state index is 13.1. The molecule has 520 valence electrons. The van der Waals surface area contributed by atoms with E-state index >= 15 is 0 Å². The first-order chi connectivity index (χ1) is 43.5. The number of hydrogen-bond acceptors (Lipinski definition) is 5. The van der Waals surface area contributed by atoms with Gasteiger partial charge in [0.15, 0.2) is 0 Å². The number of carbonyl (C=O) groups is 1. The molecule has 0 saturated carbocycles. The Labute approximate surface area is 554 Å². The van der Waals surface area contributed by atoms with E-state index < -0.39 is 20.0 Å². The molecular formula is C80H150N2O6P+. The third-order valence-corrected chi connectivity index (χ3v) is 18.4. The Morgan fingerprint density at radius 1 is 0.393 bits per heavy atom. The number of unbranched alkanes of at least 4 members (excludes halogenated alkanes) is 44. The van der Waals surface area contributed by atoms with Crippen molar-refractivity contribution >= 4 is 13.7 Å². The largest absolute Gasteiger partial charge is 0.472 e. The molecule has 0 bridgehead atoms. The highest BCUT2D eigenvalue weighted by Gasteiger charge is 2.28. The van der Waals surface area contributed by atoms with Crippen LogP contribution in [0.15, 0.2) is 85.1 Å². The molecular weight excluding hydrogens is 1120 g/mol. The molecule has 0 radical (unpaired) electrons. The number of nitrogens with one attached hydrogen (secondary N) is 1. The quantitative estimate of drug-likeness (QED) is 0.0243. The molecule has 0 aliphatic carbocycles. The van der Waals surface area contributed by atoms with Gasteiger partial charge >= 0.3 is 7.82 Å². The summed E-state index contributed by atoms with van der Waals surface area (Å²) >= 11 is 0. The normalized spacial score (nSPS) is 14.0. The molecule has 0 aromatic rings. The first kappa shape index (κ1) is 86.7. The van der Waals surface area contributed by atoms with Crippen LogP contribution in [0.25, 0.3) is 0 Å². The average molecular weight is 1270 g/mol. The number of nitrogens with zero attached hydrogens (tertiary/aromatic N) is 1. The lowest BCUT2D eigenvalue weighted by molar-refractivity contribution is -0.870. The standard InChI is InChI=1S/C80H149N2O6P/c1-6-8-10-12-14-16-18-20-22-24-26-28-30-32-34-36-37-38-39-40-41-42-43-44-45-46-48-50-52-54-56-58-60-62-64-66-68-70-72-74-80(84)81-78(77-88-89(85,86)87-76-75-82(3,4)5)79(83)73-71-69-67-65-63-61-59-57-55-53-51-49-47-35-33-31-29-27-25-23-21-19-17-15-13-11-9-7-2/h8,10,14,16,20,22,26,28,32,34,37-38,40-41,78-79,83H,6-7,9,11-13,15,17-19,21,23-25,27,29-31,33,35-36,39,42-77H2,1-5H3,(H-,81,84,85,86)/p+1/b10-8-,16-14-,22-20-,28-26-,34-32-,38-37-,41-40-. The van der Waals surface area contributed by atoms with Crippen LogP contribution in [-0.4, -0.2) is 73.4 Å². The Hall–Kier alpha value is -2.32. The highest BCUT2D eigenvalue weighted by Crippen LogP contribution is 2.43. The average Bonchev–Trinajstić information content (AvgIpc) is 3.55. The van der Waals surface area contributed by atoms with Crippen molar-refractivity contribution in [2.45, 2.75) is 379 Å². The number of rotatable bonds is 71. The van der Waals surface area contributed by atoms with E-state index in [1.165, 1.54) is 257 Å². The van der Waals surface area contributed by atoms with Crippen LogP contribution in [0.5, 0.6) is 0 Å². The van der Waals surface area contributed by atoms with Gasteiger partial charge in [-0.2, -0.15) is 0 Å². The predicted octanol–water partition coefficient (Wildman–Crippen LogP) is 25.1. The molecule has 0 rings (SSSR count). The zero-order chi connectivity index (χ0) is 64.8. The van der Waals surface area contributed by atoms with Gasteiger partial charge in [0.1, 0.15) is 13.2 Å². The first-order valence-corrected chi connectivity index (χ1v) is 39.9. The van der Waals surface area contributed by atoms with Gasteiger partial charge in [-0.25, -0.2) is 4.57 Å². The zero-order valence-electron chi connectivity index (χ0n) is 59.7. The Bertz CT molecular complexity index is 1730. The van der Waals surface area contributed by atoms with E-state index in [-0.39, 0.29) is 19.1 Å². The second kappa shape index (κ2) is 70.0. The van der Waals surface area contributed by atoms with Crippen molar-refractivity contribution in [2.75, 3.05) is 40.9 Å². The minimum absolute atomic E-state index is 0.0742. The fourth-order valence-corrected chi connectivity index (χ4v) is 12.2. The van der Waals surface area contributed by atoms with E-state index in [1.807, 2.05) is 21.1 Å². The van der Waals surface area contributed by atoms with E-state index in [0.29, 0.717) is 23.9 Å². The second-order valence-corrected chi connectivity index (χ2v) is 28.8. The number of aliphatic hydroxyl groups is 1. The molecule has 3 atom stereocenters. The van der Waals surface area contributed by atoms with Crippen LogP contribution in [0.3, 0.4) is 0 Å². The lowest BCUT2D eigenvalue weighted by Gasteiger charge is -2.26. The van der Waals surface area contributed by atoms with Gasteiger partial charge in [-0.05, 0) is 70.6 Å². The number of aliphatic hydroxyl groups excluding tert-OH is 1. The summed E-state index contributed by atoms with van der Waals surface area (Å²) in [5.74, 6) is -0.140. The third-order valence-electron chi connectivity index (χ3n) is 17.4. The number of quaternary nitrogens is 1. The number of amides is 1. The lowest BCUT2D eigenvalue weighted by Crippen LogP contribution is -2.46. The van der Waals surface area contributed by atoms with Crippen molar-refractivity contribution in [3.8, 4) is 0 Å². The smallest absolute Gasteiger partial charge is 0.391 e. The van der Waals surface area contributed by atoms with Gasteiger partial charge in [0.25, 0.3) is 0 Å².